The molecule has 1 rings (SSSR count). The van der Waals surface area contributed by atoms with Crippen LogP contribution in [-0.2, 0) is 0 Å². The Morgan fingerprint density at radius 1 is 1.47 bits per heavy atom. The first-order valence-electron chi connectivity index (χ1n) is 4.63. The minimum atomic E-state index is -0.622. The first kappa shape index (κ1) is 11.6. The molecule has 15 heavy (non-hydrogen) atoms. The van der Waals surface area contributed by atoms with E-state index in [0.717, 1.165) is 6.07 Å². The highest BCUT2D eigenvalue weighted by molar-refractivity contribution is 5.36. The zero-order valence-electron chi connectivity index (χ0n) is 8.61. The van der Waals surface area contributed by atoms with Crippen molar-refractivity contribution in [1.29, 1.82) is 0 Å². The van der Waals surface area contributed by atoms with Crippen molar-refractivity contribution < 1.29 is 9.31 Å². The van der Waals surface area contributed by atoms with E-state index in [4.69, 9.17) is 5.73 Å². The molecular formula is C10H13FN2O2. The number of nitrogens with zero attached hydrogens (tertiary/aromatic N) is 1. The quantitative estimate of drug-likeness (QED) is 0.616. The number of hydrogen-bond acceptors (Lipinski definition) is 3. The second kappa shape index (κ2) is 4.35. The number of rotatable bonds is 3. The standard InChI is InChI=1S/C10H13FN2O2/c1-6(7(2)12)9-4-3-8(13(14)15)5-10(9)11/h3-7H,12H2,1-2H3. The highest BCUT2D eigenvalue weighted by Crippen LogP contribution is 2.24. The van der Waals surface area contributed by atoms with Crippen LogP contribution in [0.5, 0.6) is 0 Å². The van der Waals surface area contributed by atoms with Crippen molar-refractivity contribution in [2.45, 2.75) is 25.8 Å². The van der Waals surface area contributed by atoms with Gasteiger partial charge in [-0.15, -0.1) is 0 Å². The van der Waals surface area contributed by atoms with E-state index in [-0.39, 0.29) is 17.6 Å². The topological polar surface area (TPSA) is 69.2 Å². The van der Waals surface area contributed by atoms with E-state index in [1.165, 1.54) is 12.1 Å². The molecule has 1 aromatic carbocycles. The fourth-order valence-electron chi connectivity index (χ4n) is 1.28. The molecule has 0 aliphatic heterocycles. The van der Waals surface area contributed by atoms with Crippen LogP contribution >= 0.6 is 0 Å². The van der Waals surface area contributed by atoms with Gasteiger partial charge in [0.25, 0.3) is 5.69 Å². The molecule has 0 heterocycles. The molecule has 0 fully saturated rings. The summed E-state index contributed by atoms with van der Waals surface area (Å²) >= 11 is 0. The lowest BCUT2D eigenvalue weighted by molar-refractivity contribution is -0.385. The number of halogens is 1. The van der Waals surface area contributed by atoms with Gasteiger partial charge in [-0.3, -0.25) is 10.1 Å². The summed E-state index contributed by atoms with van der Waals surface area (Å²) in [5, 5.41) is 10.4. The highest BCUT2D eigenvalue weighted by atomic mass is 19.1. The molecule has 2 atom stereocenters. The van der Waals surface area contributed by atoms with Gasteiger partial charge in [0, 0.05) is 12.1 Å². The van der Waals surface area contributed by atoms with Gasteiger partial charge in [-0.1, -0.05) is 6.92 Å². The molecule has 2 unspecified atom stereocenters. The van der Waals surface area contributed by atoms with Crippen molar-refractivity contribution in [3.63, 3.8) is 0 Å². The third-order valence-corrected chi connectivity index (χ3v) is 2.47. The van der Waals surface area contributed by atoms with E-state index >= 15 is 0 Å². The van der Waals surface area contributed by atoms with Gasteiger partial charge in [0.15, 0.2) is 0 Å². The molecule has 0 aromatic heterocycles. The van der Waals surface area contributed by atoms with Crippen molar-refractivity contribution in [1.82, 2.24) is 0 Å². The van der Waals surface area contributed by atoms with Gasteiger partial charge in [0.05, 0.1) is 11.0 Å². The van der Waals surface area contributed by atoms with Gasteiger partial charge in [-0.2, -0.15) is 0 Å². The van der Waals surface area contributed by atoms with Crippen LogP contribution in [0.15, 0.2) is 18.2 Å². The number of nitro groups is 1. The normalized spacial score (nSPS) is 14.7. The Morgan fingerprint density at radius 3 is 2.47 bits per heavy atom. The van der Waals surface area contributed by atoms with Crippen LogP contribution in [0.4, 0.5) is 10.1 Å². The number of non-ortho nitro benzene ring substituents is 1. The van der Waals surface area contributed by atoms with Gasteiger partial charge in [-0.05, 0) is 24.5 Å². The van der Waals surface area contributed by atoms with Crippen LogP contribution in [0.2, 0.25) is 0 Å². The van der Waals surface area contributed by atoms with E-state index in [9.17, 15) is 14.5 Å². The van der Waals surface area contributed by atoms with Gasteiger partial charge in [0.2, 0.25) is 0 Å². The first-order valence-corrected chi connectivity index (χ1v) is 4.63. The zero-order valence-corrected chi connectivity index (χ0v) is 8.61. The monoisotopic (exact) mass is 212 g/mol. The summed E-state index contributed by atoms with van der Waals surface area (Å²) < 4.78 is 13.5. The Hall–Kier alpha value is -1.49. The second-order valence-corrected chi connectivity index (χ2v) is 3.61. The minimum Gasteiger partial charge on any atom is -0.327 e. The van der Waals surface area contributed by atoms with Gasteiger partial charge < -0.3 is 5.73 Å². The predicted molar refractivity (Wildman–Crippen MR) is 55.1 cm³/mol. The SMILES string of the molecule is CC(N)C(C)c1ccc([N+](=O)[O-])cc1F. The summed E-state index contributed by atoms with van der Waals surface area (Å²) in [4.78, 5) is 9.76. The average molecular weight is 212 g/mol. The minimum absolute atomic E-state index is 0.161. The molecule has 4 nitrogen and oxygen atoms in total. The second-order valence-electron chi connectivity index (χ2n) is 3.61. The molecule has 0 radical (unpaired) electrons. The fourth-order valence-corrected chi connectivity index (χ4v) is 1.28. The van der Waals surface area contributed by atoms with Crippen LogP contribution in [0.3, 0.4) is 0 Å². The number of hydrogen-bond donors (Lipinski definition) is 1. The third-order valence-electron chi connectivity index (χ3n) is 2.47. The Labute approximate surface area is 87.0 Å². The van der Waals surface area contributed by atoms with E-state index in [1.54, 1.807) is 13.8 Å². The lowest BCUT2D eigenvalue weighted by atomic mass is 9.94. The smallest absolute Gasteiger partial charge is 0.272 e. The van der Waals surface area contributed by atoms with E-state index in [0.29, 0.717) is 5.56 Å². The number of nitrogens with two attached hydrogens (primary N) is 1. The Kier molecular flexibility index (Phi) is 3.36. The molecule has 1 aromatic rings. The van der Waals surface area contributed by atoms with Crippen molar-refractivity contribution in [3.8, 4) is 0 Å². The molecule has 0 aliphatic carbocycles. The fraction of sp³-hybridized carbons (Fsp3) is 0.400. The van der Waals surface area contributed by atoms with Crippen LogP contribution < -0.4 is 5.73 Å². The van der Waals surface area contributed by atoms with Crippen molar-refractivity contribution in [2.75, 3.05) is 0 Å². The summed E-state index contributed by atoms with van der Waals surface area (Å²) in [6.07, 6.45) is 0. The van der Waals surface area contributed by atoms with Crippen LogP contribution in [0, 0.1) is 15.9 Å². The lowest BCUT2D eigenvalue weighted by Crippen LogP contribution is -2.23. The maximum atomic E-state index is 13.5. The summed E-state index contributed by atoms with van der Waals surface area (Å²) in [6, 6.07) is 3.44. The molecule has 0 saturated carbocycles. The molecule has 0 spiro atoms. The molecule has 0 saturated heterocycles. The van der Waals surface area contributed by atoms with Crippen LogP contribution in [-0.4, -0.2) is 11.0 Å². The predicted octanol–water partition coefficient (Wildman–Crippen LogP) is 2.18. The maximum Gasteiger partial charge on any atom is 0.272 e. The zero-order chi connectivity index (χ0) is 11.6. The molecule has 82 valence electrons. The Bertz CT molecular complexity index is 380. The van der Waals surface area contributed by atoms with Crippen molar-refractivity contribution in [2.24, 2.45) is 5.73 Å². The van der Waals surface area contributed by atoms with E-state index in [1.807, 2.05) is 0 Å². The number of benzene rings is 1. The largest absolute Gasteiger partial charge is 0.327 e. The molecule has 0 bridgehead atoms. The highest BCUT2D eigenvalue weighted by Gasteiger charge is 2.17. The Morgan fingerprint density at radius 2 is 2.07 bits per heavy atom. The molecule has 0 amide bonds. The van der Waals surface area contributed by atoms with E-state index in [2.05, 4.69) is 0 Å². The molecule has 5 heteroatoms. The maximum absolute atomic E-state index is 13.5. The number of nitro benzene ring substituents is 1. The van der Waals surface area contributed by atoms with Crippen molar-refractivity contribution in [3.05, 3.63) is 39.7 Å². The van der Waals surface area contributed by atoms with Gasteiger partial charge >= 0.3 is 0 Å². The molecule has 0 aliphatic rings. The lowest BCUT2D eigenvalue weighted by Gasteiger charge is -2.16. The third kappa shape index (κ3) is 2.50. The summed E-state index contributed by atoms with van der Waals surface area (Å²) in [7, 11) is 0. The summed E-state index contributed by atoms with van der Waals surface area (Å²) in [6.45, 7) is 3.56. The molecular weight excluding hydrogens is 199 g/mol. The van der Waals surface area contributed by atoms with Crippen LogP contribution in [0.25, 0.3) is 0 Å². The first-order chi connectivity index (χ1) is 6.93. The molecule has 2 N–H and O–H groups in total. The van der Waals surface area contributed by atoms with Gasteiger partial charge in [0.1, 0.15) is 5.82 Å². The summed E-state index contributed by atoms with van der Waals surface area (Å²) in [5.41, 5.74) is 5.80. The van der Waals surface area contributed by atoms with E-state index < -0.39 is 10.7 Å². The van der Waals surface area contributed by atoms with Gasteiger partial charge in [-0.25, -0.2) is 4.39 Å². The van der Waals surface area contributed by atoms with Crippen molar-refractivity contribution >= 4 is 5.69 Å². The summed E-state index contributed by atoms with van der Waals surface area (Å²) in [5.74, 6) is -0.736. The van der Waals surface area contributed by atoms with Crippen LogP contribution in [0.1, 0.15) is 25.3 Å². The Balaban J connectivity index is 3.08. The average Bonchev–Trinajstić information content (AvgIpc) is 2.16.